The van der Waals surface area contributed by atoms with E-state index in [2.05, 4.69) is 5.32 Å². The molecule has 3 N–H and O–H groups in total. The van der Waals surface area contributed by atoms with Crippen molar-refractivity contribution >= 4 is 5.91 Å². The molecule has 1 aromatic rings. The third-order valence-corrected chi connectivity index (χ3v) is 4.00. The first-order chi connectivity index (χ1) is 11.5. The third-order valence-electron chi connectivity index (χ3n) is 4.00. The van der Waals surface area contributed by atoms with E-state index >= 15 is 0 Å². The molecule has 0 unspecified atom stereocenters. The van der Waals surface area contributed by atoms with Gasteiger partial charge in [0, 0.05) is 18.7 Å². The van der Waals surface area contributed by atoms with Gasteiger partial charge in [-0.25, -0.2) is 0 Å². The standard InChI is InChI=1S/C16H23NO7/c1-21-11-7-13(23-3)12(22-2)6-9(11)16(20)17-10-4-5-24-14(8-18)15(10)19/h6-7,10,14-15,18-19H,4-5,8H2,1-3H3,(H,17,20)/t10-,14+,15-/m0/s1. The van der Waals surface area contributed by atoms with Crippen LogP contribution >= 0.6 is 0 Å². The molecule has 24 heavy (non-hydrogen) atoms. The highest BCUT2D eigenvalue weighted by Gasteiger charge is 2.34. The van der Waals surface area contributed by atoms with Gasteiger partial charge in [-0.15, -0.1) is 0 Å². The van der Waals surface area contributed by atoms with Gasteiger partial charge in [0.05, 0.1) is 39.5 Å². The molecule has 8 heteroatoms. The average molecular weight is 341 g/mol. The predicted octanol–water partition coefficient (Wildman–Crippen LogP) is -0.0471. The fourth-order valence-electron chi connectivity index (χ4n) is 2.65. The zero-order valence-electron chi connectivity index (χ0n) is 13.9. The summed E-state index contributed by atoms with van der Waals surface area (Å²) in [5.41, 5.74) is 0.259. The van der Waals surface area contributed by atoms with Crippen LogP contribution in [0.4, 0.5) is 0 Å². The molecule has 0 radical (unpaired) electrons. The van der Waals surface area contributed by atoms with Crippen molar-refractivity contribution in [3.8, 4) is 17.2 Å². The number of amides is 1. The summed E-state index contributed by atoms with van der Waals surface area (Å²) >= 11 is 0. The first-order valence-electron chi connectivity index (χ1n) is 7.57. The van der Waals surface area contributed by atoms with Crippen LogP contribution in [0.1, 0.15) is 16.8 Å². The fourth-order valence-corrected chi connectivity index (χ4v) is 2.65. The van der Waals surface area contributed by atoms with E-state index in [1.165, 1.54) is 27.4 Å². The minimum absolute atomic E-state index is 0.259. The Hall–Kier alpha value is -2.03. The van der Waals surface area contributed by atoms with Gasteiger partial charge in [0.1, 0.15) is 18.0 Å². The molecule has 0 spiro atoms. The summed E-state index contributed by atoms with van der Waals surface area (Å²) < 4.78 is 20.9. The molecule has 8 nitrogen and oxygen atoms in total. The summed E-state index contributed by atoms with van der Waals surface area (Å²) in [6.07, 6.45) is -1.26. The van der Waals surface area contributed by atoms with E-state index in [0.717, 1.165) is 0 Å². The normalized spacial score (nSPS) is 23.5. The van der Waals surface area contributed by atoms with Gasteiger partial charge in [-0.05, 0) is 6.42 Å². The Kier molecular flexibility index (Phi) is 6.24. The van der Waals surface area contributed by atoms with E-state index in [1.807, 2.05) is 0 Å². The molecule has 2 rings (SSSR count). The SMILES string of the molecule is COc1cc(OC)c(C(=O)N[C@H]2CCO[C@H](CO)[C@H]2O)cc1OC. The molecule has 1 aromatic carbocycles. The van der Waals surface area contributed by atoms with Crippen molar-refractivity contribution in [1.29, 1.82) is 0 Å². The van der Waals surface area contributed by atoms with Crippen molar-refractivity contribution in [3.63, 3.8) is 0 Å². The summed E-state index contributed by atoms with van der Waals surface area (Å²) in [5, 5.41) is 22.1. The summed E-state index contributed by atoms with van der Waals surface area (Å²) in [5.74, 6) is 0.738. The number of aliphatic hydroxyl groups excluding tert-OH is 2. The Balaban J connectivity index is 2.22. The van der Waals surface area contributed by atoms with Gasteiger partial charge in [0.2, 0.25) is 0 Å². The molecule has 0 bridgehead atoms. The maximum Gasteiger partial charge on any atom is 0.255 e. The van der Waals surface area contributed by atoms with Crippen molar-refractivity contribution in [2.24, 2.45) is 0 Å². The number of carbonyl (C=O) groups is 1. The molecule has 0 aliphatic carbocycles. The van der Waals surface area contributed by atoms with Gasteiger partial charge in [-0.2, -0.15) is 0 Å². The lowest BCUT2D eigenvalue weighted by molar-refractivity contribution is -0.107. The minimum Gasteiger partial charge on any atom is -0.496 e. The van der Waals surface area contributed by atoms with Crippen molar-refractivity contribution in [2.45, 2.75) is 24.7 Å². The fraction of sp³-hybridized carbons (Fsp3) is 0.562. The lowest BCUT2D eigenvalue weighted by Crippen LogP contribution is -2.54. The largest absolute Gasteiger partial charge is 0.496 e. The second kappa shape index (κ2) is 8.18. The first-order valence-corrected chi connectivity index (χ1v) is 7.57. The first kappa shape index (κ1) is 18.3. The summed E-state index contributed by atoms with van der Waals surface area (Å²) in [7, 11) is 4.41. The number of methoxy groups -OCH3 is 3. The highest BCUT2D eigenvalue weighted by molar-refractivity contribution is 5.98. The summed E-state index contributed by atoms with van der Waals surface area (Å²) in [4.78, 5) is 12.6. The maximum atomic E-state index is 12.6. The summed E-state index contributed by atoms with van der Waals surface area (Å²) in [6, 6.07) is 2.55. The van der Waals surface area contributed by atoms with Crippen LogP contribution in [-0.2, 0) is 4.74 Å². The van der Waals surface area contributed by atoms with Crippen LogP contribution in [0.25, 0.3) is 0 Å². The number of hydrogen-bond acceptors (Lipinski definition) is 7. The van der Waals surface area contributed by atoms with E-state index in [-0.39, 0.29) is 12.2 Å². The van der Waals surface area contributed by atoms with E-state index in [9.17, 15) is 15.0 Å². The third kappa shape index (κ3) is 3.72. The van der Waals surface area contributed by atoms with Gasteiger partial charge in [-0.1, -0.05) is 0 Å². The molecule has 3 atom stereocenters. The number of hydrogen-bond donors (Lipinski definition) is 3. The molecular formula is C16H23NO7. The van der Waals surface area contributed by atoms with Gasteiger partial charge in [-0.3, -0.25) is 4.79 Å². The molecule has 1 saturated heterocycles. The van der Waals surface area contributed by atoms with Crippen LogP contribution in [0.15, 0.2) is 12.1 Å². The molecule has 1 amide bonds. The predicted molar refractivity (Wildman–Crippen MR) is 84.8 cm³/mol. The van der Waals surface area contributed by atoms with Crippen LogP contribution in [0.5, 0.6) is 17.2 Å². The Morgan fingerprint density at radius 3 is 2.42 bits per heavy atom. The van der Waals surface area contributed by atoms with Gasteiger partial charge >= 0.3 is 0 Å². The second-order valence-corrected chi connectivity index (χ2v) is 5.36. The minimum atomic E-state index is -0.987. The van der Waals surface area contributed by atoms with Crippen LogP contribution in [-0.4, -0.2) is 68.9 Å². The zero-order chi connectivity index (χ0) is 17.7. The lowest BCUT2D eigenvalue weighted by atomic mass is 9.99. The van der Waals surface area contributed by atoms with Crippen LogP contribution in [0.2, 0.25) is 0 Å². The van der Waals surface area contributed by atoms with Crippen molar-refractivity contribution in [1.82, 2.24) is 5.32 Å². The lowest BCUT2D eigenvalue weighted by Gasteiger charge is -2.34. The van der Waals surface area contributed by atoms with E-state index < -0.39 is 24.2 Å². The van der Waals surface area contributed by atoms with Gasteiger partial charge in [0.15, 0.2) is 11.5 Å². The molecule has 1 aliphatic heterocycles. The van der Waals surface area contributed by atoms with Crippen molar-refractivity contribution < 1.29 is 34.0 Å². The number of nitrogens with one attached hydrogen (secondary N) is 1. The quantitative estimate of drug-likeness (QED) is 0.666. The molecule has 1 aliphatic rings. The Morgan fingerprint density at radius 2 is 1.83 bits per heavy atom. The second-order valence-electron chi connectivity index (χ2n) is 5.36. The van der Waals surface area contributed by atoms with Crippen molar-refractivity contribution in [2.75, 3.05) is 34.5 Å². The van der Waals surface area contributed by atoms with Gasteiger partial charge < -0.3 is 34.5 Å². The zero-order valence-corrected chi connectivity index (χ0v) is 13.9. The summed E-state index contributed by atoms with van der Waals surface area (Å²) in [6.45, 7) is 0.0313. The number of rotatable bonds is 6. The molecule has 134 valence electrons. The smallest absolute Gasteiger partial charge is 0.255 e. The molecule has 0 aromatic heterocycles. The number of carbonyl (C=O) groups excluding carboxylic acids is 1. The highest BCUT2D eigenvalue weighted by Crippen LogP contribution is 2.34. The van der Waals surface area contributed by atoms with Gasteiger partial charge in [0.25, 0.3) is 5.91 Å². The van der Waals surface area contributed by atoms with Crippen molar-refractivity contribution in [3.05, 3.63) is 17.7 Å². The Bertz CT molecular complexity index is 578. The van der Waals surface area contributed by atoms with E-state index in [1.54, 1.807) is 6.07 Å². The average Bonchev–Trinajstić information content (AvgIpc) is 2.62. The van der Waals surface area contributed by atoms with E-state index in [4.69, 9.17) is 18.9 Å². The Morgan fingerprint density at radius 1 is 1.21 bits per heavy atom. The highest BCUT2D eigenvalue weighted by atomic mass is 16.5. The number of ether oxygens (including phenoxy) is 4. The van der Waals surface area contributed by atoms with Crippen LogP contribution in [0.3, 0.4) is 0 Å². The van der Waals surface area contributed by atoms with Crippen LogP contribution in [0, 0.1) is 0 Å². The van der Waals surface area contributed by atoms with Crippen LogP contribution < -0.4 is 19.5 Å². The topological polar surface area (TPSA) is 106 Å². The number of benzene rings is 1. The maximum absolute atomic E-state index is 12.6. The Labute approximate surface area is 140 Å². The number of aliphatic hydroxyl groups is 2. The molecule has 1 fully saturated rings. The molecular weight excluding hydrogens is 318 g/mol. The molecule has 1 heterocycles. The van der Waals surface area contributed by atoms with E-state index in [0.29, 0.717) is 30.3 Å². The molecule has 0 saturated carbocycles. The monoisotopic (exact) mass is 341 g/mol.